The predicted molar refractivity (Wildman–Crippen MR) is 151 cm³/mol. The topological polar surface area (TPSA) is 52.6 Å². The highest BCUT2D eigenvalue weighted by atomic mass is 16.5. The Morgan fingerprint density at radius 3 is 2.16 bits per heavy atom. The van der Waals surface area contributed by atoms with Gasteiger partial charge in [-0.2, -0.15) is 0 Å². The molecule has 5 rings (SSSR count). The van der Waals surface area contributed by atoms with E-state index in [2.05, 4.69) is 48.5 Å². The fourth-order valence-electron chi connectivity index (χ4n) is 11.6. The summed E-state index contributed by atoms with van der Waals surface area (Å²) < 4.78 is 11.7. The molecule has 0 saturated heterocycles. The monoisotopic (exact) mass is 526 g/mol. The van der Waals surface area contributed by atoms with E-state index in [0.29, 0.717) is 30.3 Å². The summed E-state index contributed by atoms with van der Waals surface area (Å²) >= 11 is 0. The van der Waals surface area contributed by atoms with Crippen LogP contribution in [0.5, 0.6) is 0 Å². The van der Waals surface area contributed by atoms with Crippen molar-refractivity contribution in [3.05, 3.63) is 11.1 Å². The van der Waals surface area contributed by atoms with E-state index >= 15 is 0 Å². The van der Waals surface area contributed by atoms with Gasteiger partial charge in [-0.05, 0) is 104 Å². The molecule has 0 unspecified atom stereocenters. The van der Waals surface area contributed by atoms with Crippen LogP contribution in [-0.4, -0.2) is 24.6 Å². The summed E-state index contributed by atoms with van der Waals surface area (Å²) in [4.78, 5) is 23.8. The molecule has 5 aliphatic rings. The Bertz CT molecular complexity index is 1020. The standard InChI is InChI=1S/C34H54O4/c1-21(2)24-12-17-34(20-37-22(3)35)19-18-32(8)25(29(24)34)10-11-27-31(7)15-14-28(38-23(4)36)30(5,6)26(31)13-16-33(27,32)9/h21,25-28H,10-20H2,1-9H3/t25-,26-,27+,28-,31+,32-,33-,34+/m0/s1. The van der Waals surface area contributed by atoms with Crippen LogP contribution in [0.25, 0.3) is 0 Å². The van der Waals surface area contributed by atoms with Crippen LogP contribution in [-0.2, 0) is 19.1 Å². The molecule has 5 aliphatic carbocycles. The zero-order valence-corrected chi connectivity index (χ0v) is 25.8. The Hall–Kier alpha value is -1.32. The third-order valence-corrected chi connectivity index (χ3v) is 13.6. The maximum absolute atomic E-state index is 11.9. The van der Waals surface area contributed by atoms with Crippen LogP contribution < -0.4 is 0 Å². The number of ether oxygens (including phenoxy) is 2. The average Bonchev–Trinajstić information content (AvgIpc) is 3.20. The van der Waals surface area contributed by atoms with Crippen LogP contribution in [0.2, 0.25) is 0 Å². The lowest BCUT2D eigenvalue weighted by molar-refractivity contribution is -0.233. The van der Waals surface area contributed by atoms with Gasteiger partial charge in [0, 0.05) is 24.7 Å². The summed E-state index contributed by atoms with van der Waals surface area (Å²) in [5, 5.41) is 0. The van der Waals surface area contributed by atoms with Gasteiger partial charge in [-0.3, -0.25) is 9.59 Å². The van der Waals surface area contributed by atoms with E-state index in [9.17, 15) is 9.59 Å². The van der Waals surface area contributed by atoms with Crippen molar-refractivity contribution in [1.82, 2.24) is 0 Å². The number of fused-ring (bicyclic) bond motifs is 7. The molecule has 4 fully saturated rings. The summed E-state index contributed by atoms with van der Waals surface area (Å²) in [5.41, 5.74) is 4.29. The summed E-state index contributed by atoms with van der Waals surface area (Å²) in [6.45, 7) is 21.1. The molecule has 4 nitrogen and oxygen atoms in total. The fraction of sp³-hybridized carbons (Fsp3) is 0.882. The van der Waals surface area contributed by atoms with Gasteiger partial charge in [-0.15, -0.1) is 0 Å². The maximum Gasteiger partial charge on any atom is 0.302 e. The summed E-state index contributed by atoms with van der Waals surface area (Å²) in [7, 11) is 0. The molecule has 0 bridgehead atoms. The van der Waals surface area contributed by atoms with Gasteiger partial charge in [0.25, 0.3) is 0 Å². The van der Waals surface area contributed by atoms with Crippen molar-refractivity contribution >= 4 is 11.9 Å². The Morgan fingerprint density at radius 2 is 1.53 bits per heavy atom. The smallest absolute Gasteiger partial charge is 0.302 e. The number of esters is 2. The number of allylic oxidation sites excluding steroid dienone is 1. The molecule has 4 heteroatoms. The number of carbonyl (C=O) groups is 2. The molecular weight excluding hydrogens is 472 g/mol. The number of rotatable bonds is 4. The van der Waals surface area contributed by atoms with Gasteiger partial charge in [-0.1, -0.05) is 59.6 Å². The SMILES string of the molecule is CC(=O)OC[C@]12CCC(C(C)C)=C1[C@@H]1CC[C@@H]3[C@]4(C)CC[C@H](OC(C)=O)C(C)(C)[C@@H]4CC[C@]3(C)[C@@]1(C)CC2. The van der Waals surface area contributed by atoms with Crippen LogP contribution in [0.4, 0.5) is 0 Å². The number of hydrogen-bond donors (Lipinski definition) is 0. The lowest BCUT2D eigenvalue weighted by Gasteiger charge is -2.72. The van der Waals surface area contributed by atoms with Crippen molar-refractivity contribution in [3.8, 4) is 0 Å². The van der Waals surface area contributed by atoms with Gasteiger partial charge in [-0.25, -0.2) is 0 Å². The summed E-state index contributed by atoms with van der Waals surface area (Å²) in [6, 6.07) is 0. The first kappa shape index (κ1) is 28.2. The minimum Gasteiger partial charge on any atom is -0.465 e. The average molecular weight is 527 g/mol. The van der Waals surface area contributed by atoms with Gasteiger partial charge < -0.3 is 9.47 Å². The van der Waals surface area contributed by atoms with Crippen molar-refractivity contribution in [2.24, 2.45) is 50.7 Å². The molecule has 4 saturated carbocycles. The lowest BCUT2D eigenvalue weighted by Crippen LogP contribution is -2.66. The molecule has 0 N–H and O–H groups in total. The van der Waals surface area contributed by atoms with Crippen LogP contribution >= 0.6 is 0 Å². The fourth-order valence-corrected chi connectivity index (χ4v) is 11.6. The van der Waals surface area contributed by atoms with E-state index in [-0.39, 0.29) is 45.1 Å². The Kier molecular flexibility index (Phi) is 6.76. The van der Waals surface area contributed by atoms with E-state index in [4.69, 9.17) is 9.47 Å². The van der Waals surface area contributed by atoms with E-state index in [1.165, 1.54) is 38.5 Å². The molecule has 0 heterocycles. The first-order chi connectivity index (χ1) is 17.6. The van der Waals surface area contributed by atoms with E-state index in [1.54, 1.807) is 25.0 Å². The second-order valence-electron chi connectivity index (χ2n) is 15.7. The maximum atomic E-state index is 11.9. The minimum atomic E-state index is -0.140. The third-order valence-electron chi connectivity index (χ3n) is 13.6. The van der Waals surface area contributed by atoms with E-state index < -0.39 is 0 Å². The highest BCUT2D eigenvalue weighted by Crippen LogP contribution is 2.76. The number of hydrogen-bond acceptors (Lipinski definition) is 4. The predicted octanol–water partition coefficient (Wildman–Crippen LogP) is 8.28. The van der Waals surface area contributed by atoms with E-state index in [1.807, 2.05) is 0 Å². The summed E-state index contributed by atoms with van der Waals surface area (Å²) in [6.07, 6.45) is 11.9. The second kappa shape index (κ2) is 9.10. The van der Waals surface area contributed by atoms with Gasteiger partial charge in [0.05, 0.1) is 0 Å². The van der Waals surface area contributed by atoms with Crippen LogP contribution in [0, 0.1) is 50.7 Å². The van der Waals surface area contributed by atoms with Crippen LogP contribution in [0.1, 0.15) is 127 Å². The molecule has 0 aliphatic heterocycles. The molecule has 0 spiro atoms. The molecular formula is C34H54O4. The molecule has 8 atom stereocenters. The molecule has 0 aromatic rings. The molecule has 214 valence electrons. The molecule has 0 aromatic heterocycles. The second-order valence-corrected chi connectivity index (χ2v) is 15.7. The molecule has 0 aromatic carbocycles. The minimum absolute atomic E-state index is 0.00228. The van der Waals surface area contributed by atoms with Gasteiger partial charge >= 0.3 is 11.9 Å². The first-order valence-electron chi connectivity index (χ1n) is 15.7. The quantitative estimate of drug-likeness (QED) is 0.273. The zero-order valence-electron chi connectivity index (χ0n) is 25.8. The summed E-state index contributed by atoms with van der Waals surface area (Å²) in [5.74, 6) is 2.15. The van der Waals surface area contributed by atoms with Gasteiger partial charge in [0.2, 0.25) is 0 Å². The van der Waals surface area contributed by atoms with Crippen molar-refractivity contribution < 1.29 is 19.1 Å². The largest absolute Gasteiger partial charge is 0.465 e. The van der Waals surface area contributed by atoms with Crippen molar-refractivity contribution in [2.75, 3.05) is 6.61 Å². The van der Waals surface area contributed by atoms with Crippen LogP contribution in [0.3, 0.4) is 0 Å². The van der Waals surface area contributed by atoms with E-state index in [0.717, 1.165) is 25.7 Å². The normalized spacial score (nSPS) is 45.5. The molecule has 0 amide bonds. The lowest BCUT2D eigenvalue weighted by atomic mass is 9.33. The Labute approximate surface area is 232 Å². The van der Waals surface area contributed by atoms with Gasteiger partial charge in [0.1, 0.15) is 12.7 Å². The van der Waals surface area contributed by atoms with Crippen molar-refractivity contribution in [3.63, 3.8) is 0 Å². The third kappa shape index (κ3) is 3.80. The zero-order chi connectivity index (χ0) is 27.9. The molecule has 38 heavy (non-hydrogen) atoms. The van der Waals surface area contributed by atoms with Crippen molar-refractivity contribution in [2.45, 2.75) is 133 Å². The highest BCUT2D eigenvalue weighted by molar-refractivity contribution is 5.66. The van der Waals surface area contributed by atoms with Crippen molar-refractivity contribution in [1.29, 1.82) is 0 Å². The highest BCUT2D eigenvalue weighted by Gasteiger charge is 2.69. The Morgan fingerprint density at radius 1 is 0.816 bits per heavy atom. The van der Waals surface area contributed by atoms with Crippen LogP contribution in [0.15, 0.2) is 11.1 Å². The Balaban J connectivity index is 1.52. The van der Waals surface area contributed by atoms with Gasteiger partial charge in [0.15, 0.2) is 0 Å². The molecule has 0 radical (unpaired) electrons. The first-order valence-corrected chi connectivity index (χ1v) is 15.7. The number of carbonyl (C=O) groups excluding carboxylic acids is 2.